The largest absolute Gasteiger partial charge is 0.493 e. The van der Waals surface area contributed by atoms with Crippen molar-refractivity contribution in [3.05, 3.63) is 58.9 Å². The second kappa shape index (κ2) is 6.05. The summed E-state index contributed by atoms with van der Waals surface area (Å²) < 4.78 is 50.6. The normalized spacial score (nSPS) is 12.1. The third kappa shape index (κ3) is 3.11. The lowest BCUT2D eigenvalue weighted by Gasteiger charge is -2.16. The van der Waals surface area contributed by atoms with Gasteiger partial charge in [0.1, 0.15) is 17.5 Å². The van der Waals surface area contributed by atoms with Crippen LogP contribution in [-0.4, -0.2) is 14.2 Å². The van der Waals surface area contributed by atoms with Crippen molar-refractivity contribution in [3.8, 4) is 11.5 Å². The molecule has 1 atom stereocenters. The maximum atomic E-state index is 14.1. The first-order valence-corrected chi connectivity index (χ1v) is 6.09. The van der Waals surface area contributed by atoms with Crippen LogP contribution in [0.15, 0.2) is 30.3 Å². The minimum atomic E-state index is -1.03. The van der Waals surface area contributed by atoms with E-state index in [0.717, 1.165) is 24.3 Å². The van der Waals surface area contributed by atoms with Crippen LogP contribution in [-0.2, 0) is 0 Å². The molecule has 6 heteroatoms. The molecule has 0 aromatic heterocycles. The lowest BCUT2D eigenvalue weighted by Crippen LogP contribution is -2.14. The minimum absolute atomic E-state index is 0.0534. The summed E-state index contributed by atoms with van der Waals surface area (Å²) in [5.74, 6) is -1.72. The van der Waals surface area contributed by atoms with Gasteiger partial charge in [-0.2, -0.15) is 0 Å². The average Bonchev–Trinajstić information content (AvgIpc) is 2.45. The molecule has 0 saturated heterocycles. The summed E-state index contributed by atoms with van der Waals surface area (Å²) in [6.45, 7) is 0. The average molecular weight is 297 g/mol. The van der Waals surface area contributed by atoms with Gasteiger partial charge in [0.05, 0.1) is 20.3 Å². The SMILES string of the molecule is COc1cc(F)c(C(N)c2cc(F)cc(F)c2)cc1OC. The van der Waals surface area contributed by atoms with Crippen LogP contribution in [0.2, 0.25) is 0 Å². The van der Waals surface area contributed by atoms with Crippen LogP contribution in [0.5, 0.6) is 11.5 Å². The van der Waals surface area contributed by atoms with E-state index in [9.17, 15) is 13.2 Å². The van der Waals surface area contributed by atoms with E-state index in [1.165, 1.54) is 20.3 Å². The van der Waals surface area contributed by atoms with Crippen molar-refractivity contribution in [3.63, 3.8) is 0 Å². The van der Waals surface area contributed by atoms with Gasteiger partial charge in [-0.05, 0) is 23.8 Å². The standard InChI is InChI=1S/C15H14F3NO2/c1-20-13-6-11(12(18)7-14(13)21-2)15(19)8-3-9(16)5-10(17)4-8/h3-7,15H,19H2,1-2H3. The third-order valence-corrected chi connectivity index (χ3v) is 3.08. The van der Waals surface area contributed by atoms with Crippen LogP contribution in [0.1, 0.15) is 17.2 Å². The molecule has 0 aliphatic rings. The fourth-order valence-corrected chi connectivity index (χ4v) is 2.04. The van der Waals surface area contributed by atoms with Crippen LogP contribution in [0.4, 0.5) is 13.2 Å². The number of benzene rings is 2. The fraction of sp³-hybridized carbons (Fsp3) is 0.200. The summed E-state index contributed by atoms with van der Waals surface area (Å²) in [4.78, 5) is 0. The Bertz CT molecular complexity index is 641. The van der Waals surface area contributed by atoms with Crippen molar-refractivity contribution in [2.75, 3.05) is 14.2 Å². The Morgan fingerprint density at radius 3 is 1.90 bits per heavy atom. The van der Waals surface area contributed by atoms with E-state index in [1.807, 2.05) is 0 Å². The molecule has 2 rings (SSSR count). The van der Waals surface area contributed by atoms with Gasteiger partial charge in [0.2, 0.25) is 0 Å². The van der Waals surface area contributed by atoms with Gasteiger partial charge >= 0.3 is 0 Å². The Kier molecular flexibility index (Phi) is 4.37. The van der Waals surface area contributed by atoms with Crippen LogP contribution < -0.4 is 15.2 Å². The van der Waals surface area contributed by atoms with Crippen molar-refractivity contribution in [1.29, 1.82) is 0 Å². The monoisotopic (exact) mass is 297 g/mol. The number of nitrogens with two attached hydrogens (primary N) is 1. The molecule has 112 valence electrons. The van der Waals surface area contributed by atoms with Gasteiger partial charge in [-0.25, -0.2) is 13.2 Å². The van der Waals surface area contributed by atoms with E-state index >= 15 is 0 Å². The van der Waals surface area contributed by atoms with Gasteiger partial charge in [0.15, 0.2) is 11.5 Å². The van der Waals surface area contributed by atoms with E-state index in [4.69, 9.17) is 15.2 Å². The first kappa shape index (κ1) is 15.2. The van der Waals surface area contributed by atoms with Crippen molar-refractivity contribution in [1.82, 2.24) is 0 Å². The number of ether oxygens (including phenoxy) is 2. The van der Waals surface area contributed by atoms with E-state index in [0.29, 0.717) is 0 Å². The van der Waals surface area contributed by atoms with E-state index in [-0.39, 0.29) is 22.6 Å². The molecule has 2 N–H and O–H groups in total. The molecule has 0 aliphatic heterocycles. The van der Waals surface area contributed by atoms with Gasteiger partial charge in [-0.3, -0.25) is 0 Å². The van der Waals surface area contributed by atoms with Gasteiger partial charge in [-0.15, -0.1) is 0 Å². The maximum absolute atomic E-state index is 14.1. The first-order chi connectivity index (χ1) is 9.96. The molecule has 0 spiro atoms. The highest BCUT2D eigenvalue weighted by Crippen LogP contribution is 2.33. The maximum Gasteiger partial charge on any atom is 0.163 e. The van der Waals surface area contributed by atoms with Crippen LogP contribution in [0, 0.1) is 17.5 Å². The highest BCUT2D eigenvalue weighted by molar-refractivity contribution is 5.46. The Morgan fingerprint density at radius 1 is 0.857 bits per heavy atom. The summed E-state index contributed by atoms with van der Waals surface area (Å²) in [6, 6.07) is 4.27. The number of methoxy groups -OCH3 is 2. The van der Waals surface area contributed by atoms with Gasteiger partial charge < -0.3 is 15.2 Å². The first-order valence-electron chi connectivity index (χ1n) is 6.09. The Labute approximate surface area is 120 Å². The molecule has 0 amide bonds. The predicted molar refractivity (Wildman–Crippen MR) is 71.9 cm³/mol. The lowest BCUT2D eigenvalue weighted by molar-refractivity contribution is 0.351. The molecule has 3 nitrogen and oxygen atoms in total. The quantitative estimate of drug-likeness (QED) is 0.942. The van der Waals surface area contributed by atoms with Crippen LogP contribution in [0.3, 0.4) is 0 Å². The molecule has 2 aromatic rings. The molecule has 0 bridgehead atoms. The van der Waals surface area contributed by atoms with Crippen LogP contribution >= 0.6 is 0 Å². The number of hydrogen-bond acceptors (Lipinski definition) is 3. The summed E-state index contributed by atoms with van der Waals surface area (Å²) in [7, 11) is 2.77. The zero-order valence-electron chi connectivity index (χ0n) is 11.5. The summed E-state index contributed by atoms with van der Waals surface area (Å²) in [6.07, 6.45) is 0. The molecule has 2 aromatic carbocycles. The molecule has 1 unspecified atom stereocenters. The minimum Gasteiger partial charge on any atom is -0.493 e. The molecule has 21 heavy (non-hydrogen) atoms. The van der Waals surface area contributed by atoms with Gasteiger partial charge in [0.25, 0.3) is 0 Å². The lowest BCUT2D eigenvalue weighted by atomic mass is 9.98. The summed E-state index contributed by atoms with van der Waals surface area (Å²) in [5.41, 5.74) is 6.08. The zero-order valence-corrected chi connectivity index (χ0v) is 11.5. The molecule has 0 saturated carbocycles. The molecular weight excluding hydrogens is 283 g/mol. The number of hydrogen-bond donors (Lipinski definition) is 1. The molecular formula is C15H14F3NO2. The van der Waals surface area contributed by atoms with Gasteiger partial charge in [-0.1, -0.05) is 0 Å². The van der Waals surface area contributed by atoms with E-state index in [1.54, 1.807) is 0 Å². The van der Waals surface area contributed by atoms with E-state index < -0.39 is 23.5 Å². The third-order valence-electron chi connectivity index (χ3n) is 3.08. The topological polar surface area (TPSA) is 44.5 Å². The van der Waals surface area contributed by atoms with Gasteiger partial charge in [0, 0.05) is 17.7 Å². The highest BCUT2D eigenvalue weighted by atomic mass is 19.1. The number of halogens is 3. The second-order valence-corrected chi connectivity index (χ2v) is 4.41. The zero-order chi connectivity index (χ0) is 15.6. The van der Waals surface area contributed by atoms with Crippen molar-refractivity contribution in [2.45, 2.75) is 6.04 Å². The second-order valence-electron chi connectivity index (χ2n) is 4.41. The van der Waals surface area contributed by atoms with Crippen LogP contribution in [0.25, 0.3) is 0 Å². The smallest absolute Gasteiger partial charge is 0.163 e. The number of rotatable bonds is 4. The predicted octanol–water partition coefficient (Wildman–Crippen LogP) is 3.17. The molecule has 0 aliphatic carbocycles. The molecule has 0 radical (unpaired) electrons. The Morgan fingerprint density at radius 2 is 1.38 bits per heavy atom. The van der Waals surface area contributed by atoms with Crippen molar-refractivity contribution in [2.24, 2.45) is 5.73 Å². The Hall–Kier alpha value is -2.21. The van der Waals surface area contributed by atoms with Crippen molar-refractivity contribution >= 4 is 0 Å². The van der Waals surface area contributed by atoms with E-state index in [2.05, 4.69) is 0 Å². The highest BCUT2D eigenvalue weighted by Gasteiger charge is 2.19. The fourth-order valence-electron chi connectivity index (χ4n) is 2.04. The Balaban J connectivity index is 2.49. The van der Waals surface area contributed by atoms with Crippen molar-refractivity contribution < 1.29 is 22.6 Å². The summed E-state index contributed by atoms with van der Waals surface area (Å²) >= 11 is 0. The summed E-state index contributed by atoms with van der Waals surface area (Å²) in [5, 5.41) is 0. The molecule has 0 heterocycles. The molecule has 0 fully saturated rings.